The Morgan fingerprint density at radius 1 is 0.964 bits per heavy atom. The number of hydrogen-bond donors (Lipinski definition) is 1. The topological polar surface area (TPSA) is 98.6 Å². The molecule has 3 rings (SSSR count). The smallest absolute Gasteiger partial charge is 0.375 e. The second-order valence-corrected chi connectivity index (χ2v) is 6.40. The Morgan fingerprint density at radius 3 is 2.32 bits per heavy atom. The van der Waals surface area contributed by atoms with Gasteiger partial charge in [-0.2, -0.15) is 0 Å². The summed E-state index contributed by atoms with van der Waals surface area (Å²) in [5.74, 6) is -1.76. The van der Waals surface area contributed by atoms with Crippen LogP contribution in [0, 0.1) is 20.8 Å². The third kappa shape index (κ3) is 3.43. The number of benzene rings is 1. The SMILES string of the molecule is CCOC(=O)c1c(C)[nH]c(C)c1C(=O)COC(=O)c1oc2ccccc2c1C. The molecule has 0 fully saturated rings. The van der Waals surface area contributed by atoms with E-state index in [1.54, 1.807) is 39.8 Å². The number of rotatable bonds is 6. The molecule has 0 saturated carbocycles. The number of aryl methyl sites for hydroxylation is 3. The second kappa shape index (κ2) is 7.72. The molecule has 0 aliphatic heterocycles. The van der Waals surface area contributed by atoms with E-state index in [0.29, 0.717) is 22.5 Å². The quantitative estimate of drug-likeness (QED) is 0.512. The van der Waals surface area contributed by atoms with Gasteiger partial charge in [-0.05, 0) is 33.8 Å². The minimum atomic E-state index is -0.732. The number of carbonyl (C=O) groups is 3. The van der Waals surface area contributed by atoms with Gasteiger partial charge in [0.15, 0.2) is 6.61 Å². The maximum Gasteiger partial charge on any atom is 0.375 e. The summed E-state index contributed by atoms with van der Waals surface area (Å²) in [5, 5.41) is 0.808. The van der Waals surface area contributed by atoms with Gasteiger partial charge in [-0.25, -0.2) is 9.59 Å². The van der Waals surface area contributed by atoms with E-state index in [9.17, 15) is 14.4 Å². The van der Waals surface area contributed by atoms with Crippen LogP contribution >= 0.6 is 0 Å². The standard InChI is InChI=1S/C21H21NO6/c1-5-26-20(24)18-13(4)22-12(3)17(18)15(23)10-27-21(25)19-11(2)14-8-6-7-9-16(14)28-19/h6-9,22H,5,10H2,1-4H3. The Labute approximate surface area is 161 Å². The van der Waals surface area contributed by atoms with Crippen LogP contribution in [0.25, 0.3) is 11.0 Å². The number of nitrogens with one attached hydrogen (secondary N) is 1. The van der Waals surface area contributed by atoms with Gasteiger partial charge in [0.1, 0.15) is 5.58 Å². The summed E-state index contributed by atoms with van der Waals surface area (Å²) in [7, 11) is 0. The number of aromatic nitrogens is 1. The van der Waals surface area contributed by atoms with Crippen molar-refractivity contribution in [3.8, 4) is 0 Å². The average molecular weight is 383 g/mol. The molecule has 0 saturated heterocycles. The van der Waals surface area contributed by atoms with Gasteiger partial charge in [0.05, 0.1) is 17.7 Å². The van der Waals surface area contributed by atoms with Crippen LogP contribution in [0.2, 0.25) is 0 Å². The number of Topliss-reactive ketones (excluding diaryl/α,β-unsaturated/α-hetero) is 1. The Hall–Kier alpha value is -3.35. The minimum Gasteiger partial charge on any atom is -0.462 e. The highest BCUT2D eigenvalue weighted by Crippen LogP contribution is 2.26. The van der Waals surface area contributed by atoms with Crippen LogP contribution < -0.4 is 0 Å². The molecule has 3 aromatic rings. The van der Waals surface area contributed by atoms with Crippen LogP contribution in [0.3, 0.4) is 0 Å². The van der Waals surface area contributed by atoms with Crippen LogP contribution in [0.1, 0.15) is 55.1 Å². The van der Waals surface area contributed by atoms with E-state index in [2.05, 4.69) is 4.98 Å². The van der Waals surface area contributed by atoms with E-state index in [1.807, 2.05) is 12.1 Å². The molecule has 2 heterocycles. The summed E-state index contributed by atoms with van der Waals surface area (Å²) in [6.45, 7) is 6.47. The summed E-state index contributed by atoms with van der Waals surface area (Å²) in [4.78, 5) is 40.2. The van der Waals surface area contributed by atoms with Crippen molar-refractivity contribution in [2.45, 2.75) is 27.7 Å². The number of fused-ring (bicyclic) bond motifs is 1. The van der Waals surface area contributed by atoms with Gasteiger partial charge in [-0.15, -0.1) is 0 Å². The Balaban J connectivity index is 1.80. The molecule has 1 N–H and O–H groups in total. The second-order valence-electron chi connectivity index (χ2n) is 6.40. The molecule has 0 radical (unpaired) electrons. The fraction of sp³-hybridized carbons (Fsp3) is 0.286. The van der Waals surface area contributed by atoms with Gasteiger partial charge in [0.25, 0.3) is 0 Å². The van der Waals surface area contributed by atoms with Crippen LogP contribution in [-0.2, 0) is 9.47 Å². The highest BCUT2D eigenvalue weighted by Gasteiger charge is 2.27. The number of para-hydroxylation sites is 1. The lowest BCUT2D eigenvalue weighted by molar-refractivity contribution is 0.0443. The van der Waals surface area contributed by atoms with Gasteiger partial charge in [-0.1, -0.05) is 18.2 Å². The first kappa shape index (κ1) is 19.4. The van der Waals surface area contributed by atoms with E-state index in [-0.39, 0.29) is 23.5 Å². The molecule has 7 heteroatoms. The van der Waals surface area contributed by atoms with Crippen LogP contribution in [-0.4, -0.2) is 35.9 Å². The number of H-pyrrole nitrogens is 1. The number of esters is 2. The Bertz CT molecular complexity index is 1070. The zero-order valence-electron chi connectivity index (χ0n) is 16.2. The predicted molar refractivity (Wildman–Crippen MR) is 102 cm³/mol. The first-order valence-electron chi connectivity index (χ1n) is 8.89. The van der Waals surface area contributed by atoms with Crippen LogP contribution in [0.15, 0.2) is 28.7 Å². The number of carbonyl (C=O) groups excluding carboxylic acids is 3. The molecule has 0 aliphatic carbocycles. The van der Waals surface area contributed by atoms with Crippen molar-refractivity contribution in [1.29, 1.82) is 0 Å². The molecule has 0 unspecified atom stereocenters. The number of ketones is 1. The Kier molecular flexibility index (Phi) is 5.35. The van der Waals surface area contributed by atoms with Crippen molar-refractivity contribution in [2.24, 2.45) is 0 Å². The maximum absolute atomic E-state index is 12.7. The molecular formula is C21H21NO6. The van der Waals surface area contributed by atoms with E-state index >= 15 is 0 Å². The molecule has 7 nitrogen and oxygen atoms in total. The van der Waals surface area contributed by atoms with Gasteiger partial charge in [0, 0.05) is 22.3 Å². The Morgan fingerprint density at radius 2 is 1.64 bits per heavy atom. The fourth-order valence-corrected chi connectivity index (χ4v) is 3.23. The van der Waals surface area contributed by atoms with E-state index in [1.165, 1.54) is 0 Å². The zero-order valence-corrected chi connectivity index (χ0v) is 16.2. The van der Waals surface area contributed by atoms with E-state index < -0.39 is 24.3 Å². The molecule has 0 bridgehead atoms. The normalized spacial score (nSPS) is 10.9. The molecule has 1 aromatic carbocycles. The molecule has 0 aliphatic rings. The van der Waals surface area contributed by atoms with E-state index in [4.69, 9.17) is 13.9 Å². The van der Waals surface area contributed by atoms with Gasteiger partial charge < -0.3 is 18.9 Å². The number of aromatic amines is 1. The summed E-state index contributed by atoms with van der Waals surface area (Å²) >= 11 is 0. The first-order chi connectivity index (χ1) is 13.3. The lowest BCUT2D eigenvalue weighted by Gasteiger charge is -2.06. The van der Waals surface area contributed by atoms with Crippen molar-refractivity contribution in [3.63, 3.8) is 0 Å². The molecule has 146 valence electrons. The molecule has 0 spiro atoms. The molecular weight excluding hydrogens is 362 g/mol. The minimum absolute atomic E-state index is 0.0570. The van der Waals surface area contributed by atoms with Gasteiger partial charge in [0.2, 0.25) is 11.5 Å². The molecule has 28 heavy (non-hydrogen) atoms. The molecule has 0 atom stereocenters. The summed E-state index contributed by atoms with van der Waals surface area (Å²) in [6.07, 6.45) is 0. The molecule has 0 amide bonds. The summed E-state index contributed by atoms with van der Waals surface area (Å²) < 4.78 is 15.7. The van der Waals surface area contributed by atoms with Crippen molar-refractivity contribution in [1.82, 2.24) is 4.98 Å². The average Bonchev–Trinajstić information content (AvgIpc) is 3.16. The maximum atomic E-state index is 12.7. The number of furan rings is 1. The van der Waals surface area contributed by atoms with Crippen molar-refractivity contribution in [2.75, 3.05) is 13.2 Å². The van der Waals surface area contributed by atoms with Gasteiger partial charge in [-0.3, -0.25) is 4.79 Å². The van der Waals surface area contributed by atoms with Crippen LogP contribution in [0.4, 0.5) is 0 Å². The highest BCUT2D eigenvalue weighted by atomic mass is 16.5. The summed E-state index contributed by atoms with van der Waals surface area (Å²) in [6, 6.07) is 7.24. The van der Waals surface area contributed by atoms with E-state index in [0.717, 1.165) is 5.39 Å². The lowest BCUT2D eigenvalue weighted by Crippen LogP contribution is -2.18. The largest absolute Gasteiger partial charge is 0.462 e. The summed E-state index contributed by atoms with van der Waals surface area (Å²) in [5.41, 5.74) is 2.60. The van der Waals surface area contributed by atoms with Crippen molar-refractivity contribution < 1.29 is 28.3 Å². The number of ether oxygens (including phenoxy) is 2. The zero-order chi connectivity index (χ0) is 20.4. The fourth-order valence-electron chi connectivity index (χ4n) is 3.23. The highest BCUT2D eigenvalue weighted by molar-refractivity contribution is 6.09. The number of hydrogen-bond acceptors (Lipinski definition) is 6. The van der Waals surface area contributed by atoms with Crippen molar-refractivity contribution in [3.05, 3.63) is 58.1 Å². The monoisotopic (exact) mass is 383 g/mol. The third-order valence-corrected chi connectivity index (χ3v) is 4.50. The third-order valence-electron chi connectivity index (χ3n) is 4.50. The molecule has 2 aromatic heterocycles. The van der Waals surface area contributed by atoms with Crippen LogP contribution in [0.5, 0.6) is 0 Å². The lowest BCUT2D eigenvalue weighted by atomic mass is 10.1. The predicted octanol–water partition coefficient (Wildman–Crippen LogP) is 3.90. The first-order valence-corrected chi connectivity index (χ1v) is 8.89. The van der Waals surface area contributed by atoms with Gasteiger partial charge >= 0.3 is 11.9 Å². The van der Waals surface area contributed by atoms with Crippen molar-refractivity contribution >= 4 is 28.7 Å².